The number of hydrogen-bond acceptors (Lipinski definition) is 3. The average Bonchev–Trinajstić information content (AvgIpc) is 2.74. The van der Waals surface area contributed by atoms with E-state index in [4.69, 9.17) is 4.74 Å². The molecular weight excluding hydrogens is 348 g/mol. The van der Waals surface area contributed by atoms with Crippen LogP contribution in [0.5, 0.6) is 5.75 Å². The molecule has 0 amide bonds. The van der Waals surface area contributed by atoms with E-state index < -0.39 is 0 Å². The van der Waals surface area contributed by atoms with Crippen molar-refractivity contribution in [3.05, 3.63) is 66.7 Å². The highest BCUT2D eigenvalue weighted by Gasteiger charge is 2.27. The van der Waals surface area contributed by atoms with Crippen LogP contribution in [0.15, 0.2) is 61.2 Å². The predicted molar refractivity (Wildman–Crippen MR) is 112 cm³/mol. The lowest BCUT2D eigenvalue weighted by Gasteiger charge is -2.26. The molecule has 0 bridgehead atoms. The molecule has 3 rings (SSSR count). The third-order valence-electron chi connectivity index (χ3n) is 5.64. The summed E-state index contributed by atoms with van der Waals surface area (Å²) in [6, 6.07) is 14.9. The van der Waals surface area contributed by atoms with Gasteiger partial charge in [-0.15, -0.1) is 0 Å². The monoisotopic (exact) mass is 376 g/mol. The average molecular weight is 376 g/mol. The van der Waals surface area contributed by atoms with Gasteiger partial charge in [0.15, 0.2) is 5.78 Å². The molecule has 1 saturated carbocycles. The number of ether oxygens (including phenoxy) is 1. The first-order chi connectivity index (χ1) is 13.6. The highest BCUT2D eigenvalue weighted by molar-refractivity contribution is 6.04. The SMILES string of the molecule is C=CC(=O)c1ccc(-c2ccc(OC(=O)C3CCC(CCC)CC3)cc2)cc1. The minimum atomic E-state index is -0.102. The number of benzene rings is 2. The zero-order chi connectivity index (χ0) is 19.9. The Hall–Kier alpha value is -2.68. The number of carbonyl (C=O) groups is 2. The van der Waals surface area contributed by atoms with E-state index in [2.05, 4.69) is 13.5 Å². The Morgan fingerprint density at radius 1 is 0.964 bits per heavy atom. The molecule has 1 aliphatic rings. The van der Waals surface area contributed by atoms with Gasteiger partial charge in [0.25, 0.3) is 0 Å². The molecule has 0 N–H and O–H groups in total. The number of hydrogen-bond donors (Lipinski definition) is 0. The van der Waals surface area contributed by atoms with Crippen molar-refractivity contribution in [1.29, 1.82) is 0 Å². The van der Waals surface area contributed by atoms with Gasteiger partial charge in [-0.3, -0.25) is 9.59 Å². The number of allylic oxidation sites excluding steroid dienone is 1. The number of ketones is 1. The number of rotatable bonds is 7. The summed E-state index contributed by atoms with van der Waals surface area (Å²) in [4.78, 5) is 24.1. The minimum Gasteiger partial charge on any atom is -0.426 e. The van der Waals surface area contributed by atoms with Crippen LogP contribution in [0.1, 0.15) is 55.8 Å². The van der Waals surface area contributed by atoms with E-state index in [-0.39, 0.29) is 17.7 Å². The van der Waals surface area contributed by atoms with Crippen molar-refractivity contribution in [2.24, 2.45) is 11.8 Å². The normalized spacial score (nSPS) is 19.0. The summed E-state index contributed by atoms with van der Waals surface area (Å²) in [5.74, 6) is 1.21. The fraction of sp³-hybridized carbons (Fsp3) is 0.360. The van der Waals surface area contributed by atoms with E-state index in [1.807, 2.05) is 36.4 Å². The molecule has 2 aromatic rings. The quantitative estimate of drug-likeness (QED) is 0.249. The topological polar surface area (TPSA) is 43.4 Å². The first-order valence-corrected chi connectivity index (χ1v) is 10.2. The fourth-order valence-corrected chi connectivity index (χ4v) is 3.95. The lowest BCUT2D eigenvalue weighted by atomic mass is 9.80. The van der Waals surface area contributed by atoms with Crippen molar-refractivity contribution in [2.45, 2.75) is 45.4 Å². The Kier molecular flexibility index (Phi) is 6.80. The van der Waals surface area contributed by atoms with Gasteiger partial charge < -0.3 is 4.74 Å². The van der Waals surface area contributed by atoms with Crippen LogP contribution in [0.4, 0.5) is 0 Å². The maximum atomic E-state index is 12.5. The van der Waals surface area contributed by atoms with Gasteiger partial charge in [0.05, 0.1) is 5.92 Å². The van der Waals surface area contributed by atoms with Gasteiger partial charge in [-0.25, -0.2) is 0 Å². The molecule has 3 nitrogen and oxygen atoms in total. The van der Waals surface area contributed by atoms with Crippen molar-refractivity contribution in [1.82, 2.24) is 0 Å². The zero-order valence-corrected chi connectivity index (χ0v) is 16.5. The largest absolute Gasteiger partial charge is 0.426 e. The predicted octanol–water partition coefficient (Wildman–Crippen LogP) is 6.23. The number of carbonyl (C=O) groups excluding carboxylic acids is 2. The van der Waals surface area contributed by atoms with E-state index in [0.717, 1.165) is 42.7 Å². The van der Waals surface area contributed by atoms with Crippen molar-refractivity contribution >= 4 is 11.8 Å². The van der Waals surface area contributed by atoms with Gasteiger partial charge in [0, 0.05) is 5.56 Å². The molecule has 0 radical (unpaired) electrons. The summed E-state index contributed by atoms with van der Waals surface area (Å²) in [6.07, 6.45) is 7.96. The molecule has 3 heteroatoms. The first kappa shape index (κ1) is 20.1. The van der Waals surface area contributed by atoms with Crippen LogP contribution >= 0.6 is 0 Å². The molecular formula is C25H28O3. The Morgan fingerprint density at radius 3 is 2.07 bits per heavy atom. The van der Waals surface area contributed by atoms with E-state index in [1.165, 1.54) is 18.9 Å². The Bertz CT molecular complexity index is 810. The second kappa shape index (κ2) is 9.50. The lowest BCUT2D eigenvalue weighted by molar-refractivity contribution is -0.140. The highest BCUT2D eigenvalue weighted by Crippen LogP contribution is 2.32. The summed E-state index contributed by atoms with van der Waals surface area (Å²) in [7, 11) is 0. The van der Waals surface area contributed by atoms with Gasteiger partial charge in [0.1, 0.15) is 5.75 Å². The van der Waals surface area contributed by atoms with E-state index >= 15 is 0 Å². The standard InChI is InChI=1S/C25H28O3/c1-3-5-18-6-8-22(9-7-18)25(27)28-23-16-14-20(15-17-23)19-10-12-21(13-11-19)24(26)4-2/h4,10-18,22H,2-3,5-9H2,1H3. The highest BCUT2D eigenvalue weighted by atomic mass is 16.5. The molecule has 0 heterocycles. The summed E-state index contributed by atoms with van der Waals surface area (Å²) in [5.41, 5.74) is 2.64. The molecule has 0 aromatic heterocycles. The van der Waals surface area contributed by atoms with Crippen LogP contribution < -0.4 is 4.74 Å². The van der Waals surface area contributed by atoms with Crippen LogP contribution in [0, 0.1) is 11.8 Å². The molecule has 0 atom stereocenters. The van der Waals surface area contributed by atoms with Crippen molar-refractivity contribution < 1.29 is 14.3 Å². The van der Waals surface area contributed by atoms with Crippen molar-refractivity contribution in [2.75, 3.05) is 0 Å². The molecule has 2 aromatic carbocycles. The Balaban J connectivity index is 1.58. The van der Waals surface area contributed by atoms with Crippen molar-refractivity contribution in [3.8, 4) is 16.9 Å². The van der Waals surface area contributed by atoms with Gasteiger partial charge >= 0.3 is 5.97 Å². The summed E-state index contributed by atoms with van der Waals surface area (Å²) in [6.45, 7) is 5.73. The Morgan fingerprint density at radius 2 is 1.54 bits per heavy atom. The zero-order valence-electron chi connectivity index (χ0n) is 16.5. The third-order valence-corrected chi connectivity index (χ3v) is 5.64. The fourth-order valence-electron chi connectivity index (χ4n) is 3.95. The maximum absolute atomic E-state index is 12.5. The molecule has 0 spiro atoms. The van der Waals surface area contributed by atoms with Crippen LogP contribution in [0.25, 0.3) is 11.1 Å². The second-order valence-electron chi connectivity index (χ2n) is 7.60. The van der Waals surface area contributed by atoms with Gasteiger partial charge in [0.2, 0.25) is 0 Å². The molecule has 0 unspecified atom stereocenters. The number of esters is 1. The molecule has 1 aliphatic carbocycles. The lowest BCUT2D eigenvalue weighted by Crippen LogP contribution is -2.25. The molecule has 146 valence electrons. The smallest absolute Gasteiger partial charge is 0.314 e. The van der Waals surface area contributed by atoms with Crippen LogP contribution in [0.3, 0.4) is 0 Å². The molecule has 1 fully saturated rings. The third kappa shape index (κ3) is 4.98. The Labute approximate surface area is 167 Å². The van der Waals surface area contributed by atoms with Crippen LogP contribution in [0.2, 0.25) is 0 Å². The summed E-state index contributed by atoms with van der Waals surface area (Å²) < 4.78 is 5.61. The molecule has 28 heavy (non-hydrogen) atoms. The van der Waals surface area contributed by atoms with Gasteiger partial charge in [-0.05, 0) is 60.9 Å². The van der Waals surface area contributed by atoms with Gasteiger partial charge in [-0.1, -0.05) is 62.7 Å². The van der Waals surface area contributed by atoms with Crippen LogP contribution in [-0.4, -0.2) is 11.8 Å². The maximum Gasteiger partial charge on any atom is 0.314 e. The molecule has 0 aliphatic heterocycles. The minimum absolute atomic E-state index is 0.0303. The van der Waals surface area contributed by atoms with E-state index in [1.54, 1.807) is 12.1 Å². The summed E-state index contributed by atoms with van der Waals surface area (Å²) >= 11 is 0. The van der Waals surface area contributed by atoms with Gasteiger partial charge in [-0.2, -0.15) is 0 Å². The second-order valence-corrected chi connectivity index (χ2v) is 7.60. The molecule has 0 saturated heterocycles. The van der Waals surface area contributed by atoms with E-state index in [0.29, 0.717) is 11.3 Å². The summed E-state index contributed by atoms with van der Waals surface area (Å²) in [5, 5.41) is 0. The van der Waals surface area contributed by atoms with Crippen molar-refractivity contribution in [3.63, 3.8) is 0 Å². The van der Waals surface area contributed by atoms with E-state index in [9.17, 15) is 9.59 Å². The van der Waals surface area contributed by atoms with Crippen LogP contribution in [-0.2, 0) is 4.79 Å². The first-order valence-electron chi connectivity index (χ1n) is 10.2.